The van der Waals surface area contributed by atoms with Crippen LogP contribution in [0.1, 0.15) is 0 Å². The Bertz CT molecular complexity index is 858. The first-order chi connectivity index (χ1) is 10.5. The molecule has 0 atom stereocenters. The van der Waals surface area contributed by atoms with Crippen LogP contribution >= 0.6 is 11.6 Å². The molecule has 1 heterocycles. The van der Waals surface area contributed by atoms with Crippen molar-refractivity contribution in [1.82, 2.24) is 9.78 Å². The molecule has 0 aliphatic rings. The standard InChI is InChI=1S/C15H11ClN2O3S/c16-12-2-8-15(9-3-12)22(19,20)21-14-6-4-13(5-7-14)18-11-1-10-17-18/h1-11H. The highest BCUT2D eigenvalue weighted by atomic mass is 35.5. The van der Waals surface area contributed by atoms with Crippen molar-refractivity contribution < 1.29 is 12.6 Å². The summed E-state index contributed by atoms with van der Waals surface area (Å²) >= 11 is 5.74. The van der Waals surface area contributed by atoms with Gasteiger partial charge in [0.25, 0.3) is 0 Å². The molecule has 112 valence electrons. The number of nitrogens with zero attached hydrogens (tertiary/aromatic N) is 2. The Morgan fingerprint density at radius 2 is 1.68 bits per heavy atom. The van der Waals surface area contributed by atoms with Gasteiger partial charge in [0.1, 0.15) is 10.6 Å². The summed E-state index contributed by atoms with van der Waals surface area (Å²) in [6, 6.07) is 14.2. The fraction of sp³-hybridized carbons (Fsp3) is 0. The van der Waals surface area contributed by atoms with Gasteiger partial charge in [-0.2, -0.15) is 13.5 Å². The Morgan fingerprint density at radius 3 is 2.27 bits per heavy atom. The van der Waals surface area contributed by atoms with Crippen molar-refractivity contribution in [3.05, 3.63) is 72.0 Å². The number of aromatic nitrogens is 2. The summed E-state index contributed by atoms with van der Waals surface area (Å²) in [4.78, 5) is 0.0491. The summed E-state index contributed by atoms with van der Waals surface area (Å²) in [6.07, 6.45) is 3.45. The van der Waals surface area contributed by atoms with Crippen LogP contribution in [0.2, 0.25) is 5.02 Å². The summed E-state index contributed by atoms with van der Waals surface area (Å²) in [6.45, 7) is 0. The highest BCUT2D eigenvalue weighted by Crippen LogP contribution is 2.21. The van der Waals surface area contributed by atoms with Gasteiger partial charge in [0.05, 0.1) is 5.69 Å². The summed E-state index contributed by atoms with van der Waals surface area (Å²) in [5.41, 5.74) is 0.807. The lowest BCUT2D eigenvalue weighted by Gasteiger charge is -2.08. The van der Waals surface area contributed by atoms with Gasteiger partial charge in [0, 0.05) is 17.4 Å². The maximum absolute atomic E-state index is 12.1. The van der Waals surface area contributed by atoms with E-state index in [4.69, 9.17) is 15.8 Å². The molecule has 0 aliphatic carbocycles. The first kappa shape index (κ1) is 14.6. The van der Waals surface area contributed by atoms with Crippen LogP contribution in [-0.2, 0) is 10.1 Å². The lowest BCUT2D eigenvalue weighted by molar-refractivity contribution is 0.486. The molecule has 2 aromatic carbocycles. The number of hydrogen-bond acceptors (Lipinski definition) is 4. The molecule has 5 nitrogen and oxygen atoms in total. The van der Waals surface area contributed by atoms with E-state index in [2.05, 4.69) is 5.10 Å². The highest BCUT2D eigenvalue weighted by molar-refractivity contribution is 7.87. The monoisotopic (exact) mass is 334 g/mol. The second-order valence-electron chi connectivity index (χ2n) is 4.44. The summed E-state index contributed by atoms with van der Waals surface area (Å²) in [5, 5.41) is 4.55. The van der Waals surface area contributed by atoms with E-state index in [-0.39, 0.29) is 10.6 Å². The van der Waals surface area contributed by atoms with E-state index >= 15 is 0 Å². The topological polar surface area (TPSA) is 61.2 Å². The Kier molecular flexibility index (Phi) is 3.87. The molecule has 0 amide bonds. The molecule has 0 fully saturated rings. The predicted molar refractivity (Wildman–Crippen MR) is 82.8 cm³/mol. The maximum atomic E-state index is 12.1. The van der Waals surface area contributed by atoms with Gasteiger partial charge < -0.3 is 4.18 Å². The lowest BCUT2D eigenvalue weighted by atomic mass is 10.3. The molecule has 0 saturated heterocycles. The van der Waals surface area contributed by atoms with Crippen LogP contribution in [0.25, 0.3) is 5.69 Å². The van der Waals surface area contributed by atoms with Crippen LogP contribution in [0.4, 0.5) is 0 Å². The van der Waals surface area contributed by atoms with Gasteiger partial charge in [-0.25, -0.2) is 4.68 Å². The predicted octanol–water partition coefficient (Wildman–Crippen LogP) is 3.29. The van der Waals surface area contributed by atoms with E-state index in [1.165, 1.54) is 24.3 Å². The number of rotatable bonds is 4. The van der Waals surface area contributed by atoms with Crippen LogP contribution in [0, 0.1) is 0 Å². The van der Waals surface area contributed by atoms with Gasteiger partial charge in [-0.1, -0.05) is 11.6 Å². The molecule has 3 aromatic rings. The fourth-order valence-corrected chi connectivity index (χ4v) is 2.91. The van der Waals surface area contributed by atoms with Gasteiger partial charge in [0.2, 0.25) is 0 Å². The van der Waals surface area contributed by atoms with Crippen LogP contribution in [0.15, 0.2) is 71.9 Å². The third-order valence-electron chi connectivity index (χ3n) is 2.91. The van der Waals surface area contributed by atoms with E-state index in [0.29, 0.717) is 5.02 Å². The minimum atomic E-state index is -3.88. The zero-order chi connectivity index (χ0) is 15.6. The van der Waals surface area contributed by atoms with E-state index in [1.807, 2.05) is 0 Å². The average molecular weight is 335 g/mol. The van der Waals surface area contributed by atoms with Gasteiger partial charge in [-0.15, -0.1) is 0 Å². The van der Waals surface area contributed by atoms with Crippen molar-refractivity contribution >= 4 is 21.7 Å². The molecule has 0 saturated carbocycles. The molecule has 3 rings (SSSR count). The van der Waals surface area contributed by atoms with Crippen LogP contribution in [0.3, 0.4) is 0 Å². The highest BCUT2D eigenvalue weighted by Gasteiger charge is 2.16. The smallest absolute Gasteiger partial charge is 0.339 e. The molecule has 22 heavy (non-hydrogen) atoms. The quantitative estimate of drug-likeness (QED) is 0.687. The van der Waals surface area contributed by atoms with Crippen molar-refractivity contribution in [2.24, 2.45) is 0 Å². The summed E-state index contributed by atoms with van der Waals surface area (Å²) in [7, 11) is -3.88. The van der Waals surface area contributed by atoms with Crippen LogP contribution in [-0.4, -0.2) is 18.2 Å². The summed E-state index contributed by atoms with van der Waals surface area (Å²) < 4.78 is 31.1. The van der Waals surface area contributed by atoms with Gasteiger partial charge in [-0.3, -0.25) is 0 Å². The molecule has 0 N–H and O–H groups in total. The Morgan fingerprint density at radius 1 is 1.00 bits per heavy atom. The van der Waals surface area contributed by atoms with E-state index in [9.17, 15) is 8.42 Å². The minimum absolute atomic E-state index is 0.0491. The molecule has 1 aromatic heterocycles. The van der Waals surface area contributed by atoms with Crippen LogP contribution < -0.4 is 4.18 Å². The molecule has 0 radical (unpaired) electrons. The molecule has 0 unspecified atom stereocenters. The molecule has 0 aliphatic heterocycles. The maximum Gasteiger partial charge on any atom is 0.339 e. The van der Waals surface area contributed by atoms with E-state index in [1.54, 1.807) is 47.4 Å². The van der Waals surface area contributed by atoms with E-state index in [0.717, 1.165) is 5.69 Å². The number of benzene rings is 2. The first-order valence-corrected chi connectivity index (χ1v) is 8.13. The third kappa shape index (κ3) is 3.13. The SMILES string of the molecule is O=S(=O)(Oc1ccc(-n2cccn2)cc1)c1ccc(Cl)cc1. The van der Waals surface area contributed by atoms with Gasteiger partial charge in [0.15, 0.2) is 0 Å². The third-order valence-corrected chi connectivity index (χ3v) is 4.43. The first-order valence-electron chi connectivity index (χ1n) is 6.35. The number of halogens is 1. The molecule has 0 bridgehead atoms. The minimum Gasteiger partial charge on any atom is -0.379 e. The second kappa shape index (κ2) is 5.82. The van der Waals surface area contributed by atoms with Crippen molar-refractivity contribution in [2.75, 3.05) is 0 Å². The van der Waals surface area contributed by atoms with Gasteiger partial charge in [-0.05, 0) is 54.6 Å². The Hall–Kier alpha value is -2.31. The molecular weight excluding hydrogens is 324 g/mol. The zero-order valence-corrected chi connectivity index (χ0v) is 12.8. The number of hydrogen-bond donors (Lipinski definition) is 0. The second-order valence-corrected chi connectivity index (χ2v) is 6.42. The van der Waals surface area contributed by atoms with Crippen molar-refractivity contribution in [1.29, 1.82) is 0 Å². The Labute approximate surface area is 132 Å². The molecule has 7 heteroatoms. The lowest BCUT2D eigenvalue weighted by Crippen LogP contribution is -2.09. The zero-order valence-electron chi connectivity index (χ0n) is 11.3. The van der Waals surface area contributed by atoms with Gasteiger partial charge >= 0.3 is 10.1 Å². The largest absolute Gasteiger partial charge is 0.379 e. The van der Waals surface area contributed by atoms with Crippen molar-refractivity contribution in [2.45, 2.75) is 4.90 Å². The van der Waals surface area contributed by atoms with Crippen molar-refractivity contribution in [3.8, 4) is 11.4 Å². The average Bonchev–Trinajstić information content (AvgIpc) is 3.02. The molecular formula is C15H11ClN2O3S. The fourth-order valence-electron chi connectivity index (χ4n) is 1.85. The molecule has 0 spiro atoms. The Balaban J connectivity index is 1.82. The van der Waals surface area contributed by atoms with Crippen molar-refractivity contribution in [3.63, 3.8) is 0 Å². The van der Waals surface area contributed by atoms with E-state index < -0.39 is 10.1 Å². The summed E-state index contributed by atoms with van der Waals surface area (Å²) in [5.74, 6) is 0.228. The van der Waals surface area contributed by atoms with Crippen LogP contribution in [0.5, 0.6) is 5.75 Å². The normalized spacial score (nSPS) is 11.3.